The number of ether oxygens (including phenoxy) is 1. The number of nitrogens with zero attached hydrogens (tertiary/aromatic N) is 2. The van der Waals surface area contributed by atoms with Crippen molar-refractivity contribution < 1.29 is 19.7 Å². The van der Waals surface area contributed by atoms with E-state index in [1.54, 1.807) is 18.7 Å². The summed E-state index contributed by atoms with van der Waals surface area (Å²) in [5, 5.41) is 25.7. The third-order valence-corrected chi connectivity index (χ3v) is 4.16. The summed E-state index contributed by atoms with van der Waals surface area (Å²) in [5.74, 6) is -0.286. The van der Waals surface area contributed by atoms with Gasteiger partial charge in [-0.3, -0.25) is 9.48 Å². The molecule has 124 valence electrons. The van der Waals surface area contributed by atoms with Crippen LogP contribution in [0.25, 0.3) is 0 Å². The molecule has 7 heteroatoms. The maximum absolute atomic E-state index is 12.4. The van der Waals surface area contributed by atoms with Gasteiger partial charge in [0.2, 0.25) is 0 Å². The molecule has 0 bridgehead atoms. The molecule has 0 fully saturated rings. The molecule has 0 aromatic carbocycles. The van der Waals surface area contributed by atoms with Gasteiger partial charge in [0.05, 0.1) is 31.1 Å². The summed E-state index contributed by atoms with van der Waals surface area (Å²) < 4.78 is 7.47. The van der Waals surface area contributed by atoms with E-state index in [4.69, 9.17) is 4.74 Å². The van der Waals surface area contributed by atoms with Gasteiger partial charge in [-0.15, -0.1) is 0 Å². The predicted octanol–water partition coefficient (Wildman–Crippen LogP) is 0.163. The van der Waals surface area contributed by atoms with Gasteiger partial charge in [-0.1, -0.05) is 6.92 Å². The van der Waals surface area contributed by atoms with E-state index in [-0.39, 0.29) is 37.9 Å². The summed E-state index contributed by atoms with van der Waals surface area (Å²) in [6.07, 6.45) is 0.587. The fourth-order valence-electron chi connectivity index (χ4n) is 2.76. The first-order chi connectivity index (χ1) is 10.3. The van der Waals surface area contributed by atoms with E-state index in [1.807, 2.05) is 13.8 Å². The monoisotopic (exact) mass is 311 g/mol. The summed E-state index contributed by atoms with van der Waals surface area (Å²) in [6.45, 7) is 5.41. The highest BCUT2D eigenvalue weighted by Gasteiger charge is 2.32. The second-order valence-electron chi connectivity index (χ2n) is 6.44. The number of hydrogen-bond acceptors (Lipinski definition) is 5. The first-order valence-electron chi connectivity index (χ1n) is 7.52. The van der Waals surface area contributed by atoms with E-state index >= 15 is 0 Å². The van der Waals surface area contributed by atoms with Crippen LogP contribution in [0.3, 0.4) is 0 Å². The van der Waals surface area contributed by atoms with Gasteiger partial charge >= 0.3 is 0 Å². The van der Waals surface area contributed by atoms with Crippen LogP contribution in [0.15, 0.2) is 0 Å². The molecular weight excluding hydrogens is 286 g/mol. The number of nitrogens with one attached hydrogen (secondary N) is 1. The highest BCUT2D eigenvalue weighted by molar-refractivity contribution is 5.94. The van der Waals surface area contributed by atoms with Crippen LogP contribution in [-0.4, -0.2) is 51.8 Å². The van der Waals surface area contributed by atoms with Gasteiger partial charge in [-0.05, 0) is 13.8 Å². The molecule has 7 nitrogen and oxygen atoms in total. The lowest BCUT2D eigenvalue weighted by atomic mass is 9.93. The van der Waals surface area contributed by atoms with Crippen molar-refractivity contribution in [1.82, 2.24) is 15.1 Å². The topological polar surface area (TPSA) is 96.6 Å². The Morgan fingerprint density at radius 3 is 2.68 bits per heavy atom. The number of fused-ring (bicyclic) bond motifs is 1. The van der Waals surface area contributed by atoms with Gasteiger partial charge in [0.15, 0.2) is 5.69 Å². The molecule has 1 aromatic heterocycles. The molecule has 2 rings (SSSR count). The van der Waals surface area contributed by atoms with E-state index in [0.717, 1.165) is 11.3 Å². The number of aliphatic hydroxyl groups is 2. The molecule has 0 saturated heterocycles. The average Bonchev–Trinajstić information content (AvgIpc) is 2.81. The van der Waals surface area contributed by atoms with Crippen molar-refractivity contribution in [1.29, 1.82) is 0 Å². The first kappa shape index (κ1) is 16.9. The fourth-order valence-corrected chi connectivity index (χ4v) is 2.76. The molecule has 1 aliphatic heterocycles. The molecule has 1 amide bonds. The number of carbonyl (C=O) groups is 1. The molecule has 2 atom stereocenters. The Morgan fingerprint density at radius 1 is 1.45 bits per heavy atom. The smallest absolute Gasteiger partial charge is 0.272 e. The zero-order valence-corrected chi connectivity index (χ0v) is 13.6. The normalized spacial score (nSPS) is 21.5. The Morgan fingerprint density at radius 2 is 2.09 bits per heavy atom. The number of rotatable bonds is 5. The molecule has 1 aliphatic rings. The highest BCUT2D eigenvalue weighted by Crippen LogP contribution is 2.31. The van der Waals surface area contributed by atoms with E-state index in [2.05, 4.69) is 10.4 Å². The van der Waals surface area contributed by atoms with Gasteiger partial charge in [-0.25, -0.2) is 0 Å². The van der Waals surface area contributed by atoms with Crippen LogP contribution in [0.5, 0.6) is 0 Å². The van der Waals surface area contributed by atoms with Crippen LogP contribution in [0.1, 0.15) is 48.6 Å². The van der Waals surface area contributed by atoms with E-state index in [9.17, 15) is 15.0 Å². The Labute approximate surface area is 130 Å². The zero-order valence-electron chi connectivity index (χ0n) is 13.6. The van der Waals surface area contributed by atoms with Crippen molar-refractivity contribution in [2.24, 2.45) is 12.5 Å². The summed E-state index contributed by atoms with van der Waals surface area (Å²) in [7, 11) is 1.80. The maximum atomic E-state index is 12.4. The number of hydrogen-bond donors (Lipinski definition) is 3. The fraction of sp³-hybridized carbons (Fsp3) is 0.733. The van der Waals surface area contributed by atoms with Crippen molar-refractivity contribution >= 4 is 5.91 Å². The standard InChI is InChI=1S/C15H25N3O4/c1-9-5-11-12(17-18(4)13(11)10(2)22-9)14(21)16-6-15(3,7-19)8-20/h9-10,19-20H,5-8H2,1-4H3,(H,16,21)/t9-,10+/m1/s1. The van der Waals surface area contributed by atoms with Gasteiger partial charge in [0.25, 0.3) is 5.91 Å². The Bertz CT molecular complexity index is 551. The van der Waals surface area contributed by atoms with Gasteiger partial charge in [-0.2, -0.15) is 5.10 Å². The van der Waals surface area contributed by atoms with Crippen molar-refractivity contribution in [2.75, 3.05) is 19.8 Å². The SMILES string of the molecule is C[C@@H]1Cc2c(C(=O)NCC(C)(CO)CO)nn(C)c2[C@H](C)O1. The van der Waals surface area contributed by atoms with Crippen LogP contribution in [0.4, 0.5) is 0 Å². The Hall–Kier alpha value is -1.44. The lowest BCUT2D eigenvalue weighted by Gasteiger charge is -2.27. The van der Waals surface area contributed by atoms with Crippen LogP contribution in [-0.2, 0) is 18.2 Å². The quantitative estimate of drug-likeness (QED) is 0.720. The molecule has 3 N–H and O–H groups in total. The molecular formula is C15H25N3O4. The van der Waals surface area contributed by atoms with E-state index in [0.29, 0.717) is 12.1 Å². The van der Waals surface area contributed by atoms with Crippen molar-refractivity contribution in [3.8, 4) is 0 Å². The van der Waals surface area contributed by atoms with Crippen LogP contribution in [0, 0.1) is 5.41 Å². The highest BCUT2D eigenvalue weighted by atomic mass is 16.5. The second kappa shape index (κ2) is 6.36. The third-order valence-electron chi connectivity index (χ3n) is 4.16. The summed E-state index contributed by atoms with van der Waals surface area (Å²) in [4.78, 5) is 12.4. The van der Waals surface area contributed by atoms with Crippen molar-refractivity contribution in [3.05, 3.63) is 17.0 Å². The summed E-state index contributed by atoms with van der Waals surface area (Å²) in [5.41, 5.74) is 1.50. The number of aliphatic hydroxyl groups excluding tert-OH is 2. The number of amides is 1. The van der Waals surface area contributed by atoms with Crippen molar-refractivity contribution in [2.45, 2.75) is 39.4 Å². The first-order valence-corrected chi connectivity index (χ1v) is 7.52. The Balaban J connectivity index is 2.20. The maximum Gasteiger partial charge on any atom is 0.272 e. The lowest BCUT2D eigenvalue weighted by molar-refractivity contribution is -0.00903. The van der Waals surface area contributed by atoms with E-state index < -0.39 is 5.41 Å². The summed E-state index contributed by atoms with van der Waals surface area (Å²) >= 11 is 0. The van der Waals surface area contributed by atoms with Crippen LogP contribution < -0.4 is 5.32 Å². The second-order valence-corrected chi connectivity index (χ2v) is 6.44. The Kier molecular flexibility index (Phi) is 4.89. The van der Waals surface area contributed by atoms with Gasteiger partial charge < -0.3 is 20.3 Å². The molecule has 22 heavy (non-hydrogen) atoms. The van der Waals surface area contributed by atoms with Gasteiger partial charge in [0.1, 0.15) is 0 Å². The molecule has 0 saturated carbocycles. The van der Waals surface area contributed by atoms with E-state index in [1.165, 1.54) is 0 Å². The molecule has 1 aromatic rings. The summed E-state index contributed by atoms with van der Waals surface area (Å²) in [6, 6.07) is 0. The molecule has 0 radical (unpaired) electrons. The molecule has 2 heterocycles. The largest absolute Gasteiger partial charge is 0.396 e. The minimum absolute atomic E-state index is 0.0402. The number of aromatic nitrogens is 2. The van der Waals surface area contributed by atoms with Gasteiger partial charge in [0, 0.05) is 31.0 Å². The van der Waals surface area contributed by atoms with Crippen molar-refractivity contribution in [3.63, 3.8) is 0 Å². The molecule has 0 aliphatic carbocycles. The molecule has 0 spiro atoms. The number of aryl methyl sites for hydroxylation is 1. The molecule has 0 unspecified atom stereocenters. The van der Waals surface area contributed by atoms with Crippen LogP contribution >= 0.6 is 0 Å². The predicted molar refractivity (Wildman–Crippen MR) is 80.5 cm³/mol. The van der Waals surface area contributed by atoms with Crippen LogP contribution in [0.2, 0.25) is 0 Å². The average molecular weight is 311 g/mol. The third kappa shape index (κ3) is 3.16. The lowest BCUT2D eigenvalue weighted by Crippen LogP contribution is -2.41. The zero-order chi connectivity index (χ0) is 16.5. The minimum Gasteiger partial charge on any atom is -0.396 e. The number of carbonyl (C=O) groups excluding carboxylic acids is 1. The minimum atomic E-state index is -0.742.